The van der Waals surface area contributed by atoms with Crippen LogP contribution < -0.4 is 14.8 Å². The van der Waals surface area contributed by atoms with Crippen LogP contribution in [0.2, 0.25) is 0 Å². The van der Waals surface area contributed by atoms with E-state index in [-0.39, 0.29) is 16.4 Å². The highest BCUT2D eigenvalue weighted by molar-refractivity contribution is 9.10. The summed E-state index contributed by atoms with van der Waals surface area (Å²) in [6, 6.07) is 18.1. The Balaban J connectivity index is 1.85. The van der Waals surface area contributed by atoms with Crippen LogP contribution >= 0.6 is 15.9 Å². The zero-order valence-electron chi connectivity index (χ0n) is 15.8. The first-order valence-corrected chi connectivity index (χ1v) is 10.9. The van der Waals surface area contributed by atoms with E-state index >= 15 is 0 Å². The van der Waals surface area contributed by atoms with E-state index in [1.807, 2.05) is 6.07 Å². The smallest absolute Gasteiger partial charge is 0.261 e. The highest BCUT2D eigenvalue weighted by Crippen LogP contribution is 2.22. The first-order chi connectivity index (χ1) is 13.8. The molecule has 0 unspecified atom stereocenters. The van der Waals surface area contributed by atoms with Crippen LogP contribution in [-0.2, 0) is 10.0 Å². The van der Waals surface area contributed by atoms with Crippen molar-refractivity contribution >= 4 is 43.2 Å². The van der Waals surface area contributed by atoms with Crippen LogP contribution in [0.5, 0.6) is 5.75 Å². The average molecular weight is 475 g/mol. The van der Waals surface area contributed by atoms with Crippen molar-refractivity contribution in [1.82, 2.24) is 0 Å². The van der Waals surface area contributed by atoms with E-state index < -0.39 is 10.0 Å². The number of sulfonamides is 1. The van der Waals surface area contributed by atoms with Crippen molar-refractivity contribution in [3.63, 3.8) is 0 Å². The predicted octanol–water partition coefficient (Wildman–Crippen LogP) is 4.82. The molecule has 2 N–H and O–H groups in total. The molecule has 0 spiro atoms. The summed E-state index contributed by atoms with van der Waals surface area (Å²) in [6.45, 7) is 1.75. The van der Waals surface area contributed by atoms with Crippen LogP contribution in [0.1, 0.15) is 15.9 Å². The second-order valence-corrected chi connectivity index (χ2v) is 8.87. The molecule has 0 atom stereocenters. The van der Waals surface area contributed by atoms with E-state index in [1.54, 1.807) is 55.5 Å². The molecule has 0 fully saturated rings. The molecule has 3 rings (SSSR count). The molecule has 1 amide bonds. The van der Waals surface area contributed by atoms with Crippen LogP contribution in [0.15, 0.2) is 76.1 Å². The van der Waals surface area contributed by atoms with E-state index in [4.69, 9.17) is 4.74 Å². The predicted molar refractivity (Wildman–Crippen MR) is 117 cm³/mol. The van der Waals surface area contributed by atoms with Crippen molar-refractivity contribution in [3.05, 3.63) is 82.3 Å². The van der Waals surface area contributed by atoms with Crippen molar-refractivity contribution in [2.75, 3.05) is 17.1 Å². The second kappa shape index (κ2) is 8.67. The molecule has 8 heteroatoms. The lowest BCUT2D eigenvalue weighted by molar-refractivity contribution is 0.102. The molecule has 150 valence electrons. The minimum absolute atomic E-state index is 0.00156. The Labute approximate surface area is 178 Å². The Morgan fingerprint density at radius 1 is 0.966 bits per heavy atom. The van der Waals surface area contributed by atoms with Crippen molar-refractivity contribution in [1.29, 1.82) is 0 Å². The summed E-state index contributed by atoms with van der Waals surface area (Å²) in [7, 11) is -2.33. The number of carbonyl (C=O) groups is 1. The molecule has 6 nitrogen and oxygen atoms in total. The Hall–Kier alpha value is -2.84. The van der Waals surface area contributed by atoms with Gasteiger partial charge in [0.05, 0.1) is 12.0 Å². The van der Waals surface area contributed by atoms with Gasteiger partial charge in [-0.2, -0.15) is 0 Å². The van der Waals surface area contributed by atoms with Gasteiger partial charge in [-0.3, -0.25) is 9.52 Å². The van der Waals surface area contributed by atoms with Gasteiger partial charge in [-0.1, -0.05) is 28.1 Å². The van der Waals surface area contributed by atoms with Gasteiger partial charge in [0.1, 0.15) is 5.75 Å². The molecule has 0 aliphatic rings. The molecule has 29 heavy (non-hydrogen) atoms. The van der Waals surface area contributed by atoms with Gasteiger partial charge < -0.3 is 10.1 Å². The number of carbonyl (C=O) groups excluding carboxylic acids is 1. The van der Waals surface area contributed by atoms with Gasteiger partial charge in [-0.25, -0.2) is 8.42 Å². The van der Waals surface area contributed by atoms with Crippen LogP contribution in [0.25, 0.3) is 0 Å². The van der Waals surface area contributed by atoms with E-state index in [9.17, 15) is 13.2 Å². The highest BCUT2D eigenvalue weighted by Gasteiger charge is 2.18. The first kappa shape index (κ1) is 20.9. The number of anilines is 2. The fourth-order valence-corrected chi connectivity index (χ4v) is 4.13. The van der Waals surface area contributed by atoms with Crippen molar-refractivity contribution in [3.8, 4) is 5.75 Å². The van der Waals surface area contributed by atoms with Gasteiger partial charge in [-0.15, -0.1) is 0 Å². The quantitative estimate of drug-likeness (QED) is 0.536. The zero-order chi connectivity index (χ0) is 21.0. The molecule has 3 aromatic carbocycles. The van der Waals surface area contributed by atoms with Gasteiger partial charge in [0.15, 0.2) is 0 Å². The van der Waals surface area contributed by atoms with Crippen LogP contribution in [0.3, 0.4) is 0 Å². The third kappa shape index (κ3) is 5.16. The topological polar surface area (TPSA) is 84.5 Å². The fourth-order valence-electron chi connectivity index (χ4n) is 2.65. The third-order valence-electron chi connectivity index (χ3n) is 4.19. The molecule has 0 aromatic heterocycles. The number of methoxy groups -OCH3 is 1. The van der Waals surface area contributed by atoms with Crippen molar-refractivity contribution in [2.24, 2.45) is 0 Å². The average Bonchev–Trinajstić information content (AvgIpc) is 2.68. The van der Waals surface area contributed by atoms with E-state index in [2.05, 4.69) is 26.0 Å². The van der Waals surface area contributed by atoms with Crippen molar-refractivity contribution in [2.45, 2.75) is 11.8 Å². The standard InChI is InChI=1S/C21H19BrN2O4S/c1-14-6-11-19(29(26,27)24-16-7-9-18(28-2)10-8-16)13-20(14)21(25)23-17-5-3-4-15(22)12-17/h3-13,24H,1-2H3,(H,23,25). The number of benzene rings is 3. The van der Waals surface area contributed by atoms with Crippen LogP contribution in [0.4, 0.5) is 11.4 Å². The maximum atomic E-state index is 12.8. The lowest BCUT2D eigenvalue weighted by Crippen LogP contribution is -2.17. The summed E-state index contributed by atoms with van der Waals surface area (Å²) in [5.74, 6) is 0.233. The molecule has 0 saturated carbocycles. The fraction of sp³-hybridized carbons (Fsp3) is 0.0952. The number of ether oxygens (including phenoxy) is 1. The molecule has 0 radical (unpaired) electrons. The zero-order valence-corrected chi connectivity index (χ0v) is 18.2. The molecular formula is C21H19BrN2O4S. The van der Waals surface area contributed by atoms with Crippen molar-refractivity contribution < 1.29 is 17.9 Å². The lowest BCUT2D eigenvalue weighted by Gasteiger charge is -2.12. The summed E-state index contributed by atoms with van der Waals surface area (Å²) >= 11 is 3.35. The SMILES string of the molecule is COc1ccc(NS(=O)(=O)c2ccc(C)c(C(=O)Nc3cccc(Br)c3)c2)cc1. The lowest BCUT2D eigenvalue weighted by atomic mass is 10.1. The van der Waals surface area contributed by atoms with Gasteiger partial charge in [0, 0.05) is 21.4 Å². The Bertz CT molecular complexity index is 1150. The monoisotopic (exact) mass is 474 g/mol. The Kier molecular flexibility index (Phi) is 6.24. The molecular weight excluding hydrogens is 456 g/mol. The minimum atomic E-state index is -3.86. The number of hydrogen-bond donors (Lipinski definition) is 2. The van der Waals surface area contributed by atoms with Crippen LogP contribution in [0, 0.1) is 6.92 Å². The van der Waals surface area contributed by atoms with Gasteiger partial charge in [-0.05, 0) is 67.1 Å². The first-order valence-electron chi connectivity index (χ1n) is 8.63. The van der Waals surface area contributed by atoms with Gasteiger partial charge in [0.25, 0.3) is 15.9 Å². The number of nitrogens with one attached hydrogen (secondary N) is 2. The van der Waals surface area contributed by atoms with E-state index in [0.29, 0.717) is 22.7 Å². The normalized spacial score (nSPS) is 11.0. The maximum Gasteiger partial charge on any atom is 0.261 e. The number of hydrogen-bond acceptors (Lipinski definition) is 4. The summed E-state index contributed by atoms with van der Waals surface area (Å²) < 4.78 is 33.9. The van der Waals surface area contributed by atoms with Crippen LogP contribution in [-0.4, -0.2) is 21.4 Å². The summed E-state index contributed by atoms with van der Waals surface area (Å²) in [5, 5.41) is 2.78. The largest absolute Gasteiger partial charge is 0.497 e. The molecule has 0 saturated heterocycles. The second-order valence-electron chi connectivity index (χ2n) is 6.28. The number of halogens is 1. The number of rotatable bonds is 6. The summed E-state index contributed by atoms with van der Waals surface area (Å²) in [4.78, 5) is 12.7. The molecule has 0 aliphatic heterocycles. The molecule has 0 bridgehead atoms. The highest BCUT2D eigenvalue weighted by atomic mass is 79.9. The number of amides is 1. The maximum absolute atomic E-state index is 12.8. The minimum Gasteiger partial charge on any atom is -0.497 e. The van der Waals surface area contributed by atoms with Gasteiger partial charge >= 0.3 is 0 Å². The molecule has 0 heterocycles. The third-order valence-corrected chi connectivity index (χ3v) is 6.06. The van der Waals surface area contributed by atoms with E-state index in [0.717, 1.165) is 4.47 Å². The Morgan fingerprint density at radius 2 is 1.69 bits per heavy atom. The molecule has 0 aliphatic carbocycles. The summed E-state index contributed by atoms with van der Waals surface area (Å²) in [6.07, 6.45) is 0. The van der Waals surface area contributed by atoms with E-state index in [1.165, 1.54) is 19.2 Å². The van der Waals surface area contributed by atoms with Gasteiger partial charge in [0.2, 0.25) is 0 Å². The number of aryl methyl sites for hydroxylation is 1. The molecule has 3 aromatic rings. The Morgan fingerprint density at radius 3 is 2.34 bits per heavy atom. The summed E-state index contributed by atoms with van der Waals surface area (Å²) in [5.41, 5.74) is 1.95.